The van der Waals surface area contributed by atoms with Gasteiger partial charge in [-0.1, -0.05) is 40.5 Å². The van der Waals surface area contributed by atoms with Crippen LogP contribution in [0.1, 0.15) is 25.3 Å². The van der Waals surface area contributed by atoms with Gasteiger partial charge in [0, 0.05) is 14.9 Å². The third-order valence-corrected chi connectivity index (χ3v) is 4.79. The van der Waals surface area contributed by atoms with Crippen LogP contribution in [0.5, 0.6) is 0 Å². The van der Waals surface area contributed by atoms with E-state index in [1.54, 1.807) is 12.7 Å². The number of hydrogen-bond donors (Lipinski definition) is 0. The Labute approximate surface area is 126 Å². The highest BCUT2D eigenvalue weighted by Crippen LogP contribution is 2.50. The summed E-state index contributed by atoms with van der Waals surface area (Å²) < 4.78 is 2.91. The zero-order chi connectivity index (χ0) is 13.5. The number of aromatic nitrogens is 3. The topological polar surface area (TPSA) is 30.7 Å². The molecule has 19 heavy (non-hydrogen) atoms. The molecule has 0 amide bonds. The lowest BCUT2D eigenvalue weighted by Crippen LogP contribution is -2.31. The Bertz CT molecular complexity index is 580. The Morgan fingerprint density at radius 3 is 2.84 bits per heavy atom. The second-order valence-corrected chi connectivity index (χ2v) is 6.73. The van der Waals surface area contributed by atoms with Gasteiger partial charge in [0.25, 0.3) is 0 Å². The van der Waals surface area contributed by atoms with Crippen molar-refractivity contribution in [1.82, 2.24) is 14.8 Å². The fraction of sp³-hybridized carbons (Fsp3) is 0.429. The van der Waals surface area contributed by atoms with Crippen LogP contribution in [-0.4, -0.2) is 14.8 Å². The van der Waals surface area contributed by atoms with Crippen LogP contribution < -0.4 is 0 Å². The SMILES string of the molecule is CC(Cn1cncn1)(c1ccc(Br)cc1Cl)C1CC1. The first-order chi connectivity index (χ1) is 9.09. The van der Waals surface area contributed by atoms with Gasteiger partial charge in [-0.05, 0) is 36.5 Å². The predicted molar refractivity (Wildman–Crippen MR) is 79.3 cm³/mol. The van der Waals surface area contributed by atoms with Gasteiger partial charge in [0.05, 0.1) is 6.54 Å². The van der Waals surface area contributed by atoms with Gasteiger partial charge in [-0.25, -0.2) is 4.98 Å². The van der Waals surface area contributed by atoms with Gasteiger partial charge in [-0.15, -0.1) is 0 Å². The maximum absolute atomic E-state index is 6.45. The van der Waals surface area contributed by atoms with Gasteiger partial charge in [0.1, 0.15) is 12.7 Å². The minimum atomic E-state index is 0.0193. The van der Waals surface area contributed by atoms with E-state index in [0.717, 1.165) is 16.0 Å². The first kappa shape index (κ1) is 13.1. The average molecular weight is 341 g/mol. The van der Waals surface area contributed by atoms with Crippen molar-refractivity contribution in [3.8, 4) is 0 Å². The molecule has 0 radical (unpaired) electrons. The largest absolute Gasteiger partial charge is 0.252 e. The molecule has 1 atom stereocenters. The molecule has 1 aliphatic rings. The summed E-state index contributed by atoms with van der Waals surface area (Å²) in [5, 5.41) is 5.06. The zero-order valence-electron chi connectivity index (χ0n) is 10.7. The third kappa shape index (κ3) is 2.56. The molecule has 5 heteroatoms. The monoisotopic (exact) mass is 339 g/mol. The van der Waals surface area contributed by atoms with Crippen molar-refractivity contribution in [3.05, 3.63) is 45.9 Å². The summed E-state index contributed by atoms with van der Waals surface area (Å²) in [6.07, 6.45) is 5.87. The summed E-state index contributed by atoms with van der Waals surface area (Å²) in [6, 6.07) is 6.16. The van der Waals surface area contributed by atoms with Crippen LogP contribution in [0.15, 0.2) is 35.3 Å². The lowest BCUT2D eigenvalue weighted by molar-refractivity contribution is 0.330. The summed E-state index contributed by atoms with van der Waals surface area (Å²) in [4.78, 5) is 4.03. The van der Waals surface area contributed by atoms with E-state index < -0.39 is 0 Å². The van der Waals surface area contributed by atoms with Gasteiger partial charge < -0.3 is 0 Å². The lowest BCUT2D eigenvalue weighted by atomic mass is 9.77. The summed E-state index contributed by atoms with van der Waals surface area (Å²) in [6.45, 7) is 3.10. The second kappa shape index (κ2) is 4.91. The van der Waals surface area contributed by atoms with Crippen molar-refractivity contribution in [2.24, 2.45) is 5.92 Å². The Morgan fingerprint density at radius 1 is 1.47 bits per heavy atom. The summed E-state index contributed by atoms with van der Waals surface area (Å²) in [7, 11) is 0. The van der Waals surface area contributed by atoms with Crippen LogP contribution in [0.4, 0.5) is 0 Å². The van der Waals surface area contributed by atoms with Crippen LogP contribution in [0.25, 0.3) is 0 Å². The van der Waals surface area contributed by atoms with Crippen molar-refractivity contribution < 1.29 is 0 Å². The number of halogens is 2. The molecule has 0 spiro atoms. The van der Waals surface area contributed by atoms with Crippen LogP contribution in [0, 0.1) is 5.92 Å². The highest BCUT2D eigenvalue weighted by Gasteiger charge is 2.44. The first-order valence-electron chi connectivity index (χ1n) is 6.37. The summed E-state index contributed by atoms with van der Waals surface area (Å²) in [5.41, 5.74) is 1.22. The molecule has 100 valence electrons. The Hall–Kier alpha value is -0.870. The quantitative estimate of drug-likeness (QED) is 0.840. The van der Waals surface area contributed by atoms with Gasteiger partial charge in [0.15, 0.2) is 0 Å². The molecule has 1 unspecified atom stereocenters. The predicted octanol–water partition coefficient (Wildman–Crippen LogP) is 4.06. The molecule has 1 aliphatic carbocycles. The smallest absolute Gasteiger partial charge is 0.137 e. The van der Waals surface area contributed by atoms with E-state index in [0.29, 0.717) is 5.92 Å². The fourth-order valence-electron chi connectivity index (χ4n) is 2.76. The number of benzene rings is 1. The highest BCUT2D eigenvalue weighted by molar-refractivity contribution is 9.10. The van der Waals surface area contributed by atoms with Crippen molar-refractivity contribution in [3.63, 3.8) is 0 Å². The van der Waals surface area contributed by atoms with E-state index in [9.17, 15) is 0 Å². The van der Waals surface area contributed by atoms with E-state index >= 15 is 0 Å². The Kier molecular flexibility index (Phi) is 3.39. The van der Waals surface area contributed by atoms with Gasteiger partial charge in [0.2, 0.25) is 0 Å². The van der Waals surface area contributed by atoms with Crippen molar-refractivity contribution in [1.29, 1.82) is 0 Å². The fourth-order valence-corrected chi connectivity index (χ4v) is 3.65. The third-order valence-electron chi connectivity index (χ3n) is 3.98. The molecule has 3 nitrogen and oxygen atoms in total. The molecule has 0 aliphatic heterocycles. The molecule has 1 aromatic carbocycles. The maximum Gasteiger partial charge on any atom is 0.137 e. The molecular formula is C14H15BrClN3. The number of nitrogens with zero attached hydrogens (tertiary/aromatic N) is 3. The maximum atomic E-state index is 6.45. The lowest BCUT2D eigenvalue weighted by Gasteiger charge is -2.31. The molecule has 1 heterocycles. The molecule has 0 saturated heterocycles. The molecule has 1 aromatic heterocycles. The van der Waals surface area contributed by atoms with E-state index in [2.05, 4.69) is 45.1 Å². The van der Waals surface area contributed by atoms with Gasteiger partial charge in [-0.2, -0.15) is 5.10 Å². The zero-order valence-corrected chi connectivity index (χ0v) is 13.0. The number of hydrogen-bond acceptors (Lipinski definition) is 2. The summed E-state index contributed by atoms with van der Waals surface area (Å²) >= 11 is 9.91. The van der Waals surface area contributed by atoms with Gasteiger partial charge in [-0.3, -0.25) is 4.68 Å². The van der Waals surface area contributed by atoms with Gasteiger partial charge >= 0.3 is 0 Å². The molecule has 1 saturated carbocycles. The van der Waals surface area contributed by atoms with E-state index in [1.165, 1.54) is 18.4 Å². The van der Waals surface area contributed by atoms with Crippen molar-refractivity contribution in [2.45, 2.75) is 31.7 Å². The van der Waals surface area contributed by atoms with Crippen LogP contribution in [0.3, 0.4) is 0 Å². The molecular weight excluding hydrogens is 326 g/mol. The molecule has 0 N–H and O–H groups in total. The average Bonchev–Trinajstić information content (AvgIpc) is 3.10. The Morgan fingerprint density at radius 2 is 2.26 bits per heavy atom. The van der Waals surface area contributed by atoms with Crippen LogP contribution in [-0.2, 0) is 12.0 Å². The van der Waals surface area contributed by atoms with Crippen LogP contribution in [0.2, 0.25) is 5.02 Å². The van der Waals surface area contributed by atoms with Crippen molar-refractivity contribution >= 4 is 27.5 Å². The van der Waals surface area contributed by atoms with E-state index in [4.69, 9.17) is 11.6 Å². The first-order valence-corrected chi connectivity index (χ1v) is 7.54. The second-order valence-electron chi connectivity index (χ2n) is 5.41. The molecule has 3 rings (SSSR count). The van der Waals surface area contributed by atoms with Crippen LogP contribution >= 0.6 is 27.5 Å². The summed E-state index contributed by atoms with van der Waals surface area (Å²) in [5.74, 6) is 0.676. The standard InChI is InChI=1S/C14H15BrClN3/c1-14(10-2-3-10,7-19-9-17-8-18-19)12-5-4-11(15)6-13(12)16/h4-6,8-10H,2-3,7H2,1H3. The molecule has 2 aromatic rings. The Balaban J connectivity index is 1.99. The minimum absolute atomic E-state index is 0.0193. The minimum Gasteiger partial charge on any atom is -0.252 e. The van der Waals surface area contributed by atoms with E-state index in [-0.39, 0.29) is 5.41 Å². The number of rotatable bonds is 4. The molecule has 0 bridgehead atoms. The molecule has 1 fully saturated rings. The normalized spacial score (nSPS) is 18.3. The van der Waals surface area contributed by atoms with Crippen molar-refractivity contribution in [2.75, 3.05) is 0 Å². The van der Waals surface area contributed by atoms with E-state index in [1.807, 2.05) is 10.7 Å². The highest BCUT2D eigenvalue weighted by atomic mass is 79.9.